The summed E-state index contributed by atoms with van der Waals surface area (Å²) in [6.07, 6.45) is 3.42. The number of aromatic nitrogens is 3. The summed E-state index contributed by atoms with van der Waals surface area (Å²) in [5.74, 6) is -0.908. The highest BCUT2D eigenvalue weighted by Gasteiger charge is 2.21. The lowest BCUT2D eigenvalue weighted by Crippen LogP contribution is -2.25. The molecule has 0 radical (unpaired) electrons. The van der Waals surface area contributed by atoms with Gasteiger partial charge in [-0.15, -0.1) is 0 Å². The molecule has 0 spiro atoms. The number of unbranched alkanes of at least 4 members (excludes halogenated alkanes) is 2. The molecule has 0 bridgehead atoms. The number of fused-ring (bicyclic) bond motifs is 1. The molecule has 7 nitrogen and oxygen atoms in total. The van der Waals surface area contributed by atoms with Crippen molar-refractivity contribution >= 4 is 34.4 Å². The minimum absolute atomic E-state index is 0.143. The molecule has 164 valence electrons. The number of rotatable bonds is 9. The highest BCUT2D eigenvalue weighted by atomic mass is 35.5. The van der Waals surface area contributed by atoms with Gasteiger partial charge in [-0.05, 0) is 43.9 Å². The minimum atomic E-state index is -0.521. The number of nitrogens with one attached hydrogen (secondary N) is 1. The number of alkyl halides is 1. The Morgan fingerprint density at radius 1 is 1.23 bits per heavy atom. The van der Waals surface area contributed by atoms with E-state index in [0.29, 0.717) is 53.0 Å². The molecule has 1 amide bonds. The van der Waals surface area contributed by atoms with Gasteiger partial charge in [0.25, 0.3) is 5.91 Å². The molecule has 0 fully saturated rings. The summed E-state index contributed by atoms with van der Waals surface area (Å²) < 4.78 is 18.9. The normalized spacial score (nSPS) is 11.0. The van der Waals surface area contributed by atoms with Gasteiger partial charge in [0.15, 0.2) is 0 Å². The average molecular weight is 447 g/mol. The summed E-state index contributed by atoms with van der Waals surface area (Å²) in [4.78, 5) is 29.8. The van der Waals surface area contributed by atoms with Gasteiger partial charge in [0.2, 0.25) is 0 Å². The minimum Gasteiger partial charge on any atom is -0.462 e. The summed E-state index contributed by atoms with van der Waals surface area (Å²) in [6, 6.07) is 6.79. The van der Waals surface area contributed by atoms with Crippen molar-refractivity contribution in [1.29, 1.82) is 0 Å². The maximum absolute atomic E-state index is 12.8. The Kier molecular flexibility index (Phi) is 7.57. The molecule has 0 atom stereocenters. The number of amides is 1. The molecule has 0 aliphatic rings. The summed E-state index contributed by atoms with van der Waals surface area (Å²) in [6.45, 7) is 1.97. The second-order valence-corrected chi connectivity index (χ2v) is 7.31. The van der Waals surface area contributed by atoms with E-state index in [2.05, 4.69) is 15.4 Å². The molecule has 0 saturated heterocycles. The number of carbonyl (C=O) groups is 2. The zero-order chi connectivity index (χ0) is 22.4. The molecule has 0 saturated carbocycles. The van der Waals surface area contributed by atoms with E-state index in [-0.39, 0.29) is 30.4 Å². The van der Waals surface area contributed by atoms with Crippen LogP contribution in [0.25, 0.3) is 22.0 Å². The average Bonchev–Trinajstić information content (AvgIpc) is 3.10. The molecule has 2 heterocycles. The van der Waals surface area contributed by atoms with E-state index in [1.807, 2.05) is 6.07 Å². The van der Waals surface area contributed by atoms with Crippen molar-refractivity contribution in [2.75, 3.05) is 19.8 Å². The van der Waals surface area contributed by atoms with Crippen molar-refractivity contribution in [3.8, 4) is 11.1 Å². The third-order valence-corrected chi connectivity index (χ3v) is 5.27. The van der Waals surface area contributed by atoms with Gasteiger partial charge in [0.1, 0.15) is 10.8 Å². The van der Waals surface area contributed by atoms with Crippen LogP contribution in [0.1, 0.15) is 47.0 Å². The Morgan fingerprint density at radius 2 is 2.03 bits per heavy atom. The van der Waals surface area contributed by atoms with Crippen LogP contribution < -0.4 is 5.32 Å². The van der Waals surface area contributed by atoms with E-state index < -0.39 is 5.97 Å². The van der Waals surface area contributed by atoms with Crippen LogP contribution in [0.2, 0.25) is 5.15 Å². The molecule has 0 aliphatic heterocycles. The van der Waals surface area contributed by atoms with E-state index in [9.17, 15) is 14.0 Å². The highest BCUT2D eigenvalue weighted by molar-refractivity contribution is 6.32. The zero-order valence-electron chi connectivity index (χ0n) is 17.5. The van der Waals surface area contributed by atoms with Gasteiger partial charge < -0.3 is 10.1 Å². The fourth-order valence-electron chi connectivity index (χ4n) is 3.25. The first-order chi connectivity index (χ1) is 15.0. The standard InChI is InChI=1S/C22H24ClFN4O3/c1-3-31-22(30)15-9-7-8-14-16(17-13-26-28(2)20(17)23)12-18(27-19(14)15)21(29)25-11-6-4-5-10-24/h7-9,12-13H,3-6,10-11H2,1-2H3,(H,25,29). The molecule has 1 N–H and O–H groups in total. The van der Waals surface area contributed by atoms with Crippen LogP contribution in [0, 0.1) is 0 Å². The number of carbonyl (C=O) groups excluding carboxylic acids is 2. The van der Waals surface area contributed by atoms with Crippen molar-refractivity contribution < 1.29 is 18.7 Å². The van der Waals surface area contributed by atoms with Crippen LogP contribution in [0.4, 0.5) is 4.39 Å². The van der Waals surface area contributed by atoms with E-state index in [1.54, 1.807) is 38.4 Å². The van der Waals surface area contributed by atoms with Crippen molar-refractivity contribution in [3.05, 3.63) is 46.9 Å². The van der Waals surface area contributed by atoms with Crippen LogP contribution >= 0.6 is 11.6 Å². The molecule has 9 heteroatoms. The first kappa shape index (κ1) is 22.7. The molecular formula is C22H24ClFN4O3. The molecule has 3 aromatic rings. The first-order valence-electron chi connectivity index (χ1n) is 10.1. The smallest absolute Gasteiger partial charge is 0.340 e. The van der Waals surface area contributed by atoms with Crippen molar-refractivity contribution in [3.63, 3.8) is 0 Å². The number of benzene rings is 1. The fraction of sp³-hybridized carbons (Fsp3) is 0.364. The Balaban J connectivity index is 2.08. The molecule has 1 aromatic carbocycles. The quantitative estimate of drug-likeness (QED) is 0.390. The Hall–Kier alpha value is -3.00. The van der Waals surface area contributed by atoms with Crippen LogP contribution in [-0.4, -0.2) is 46.5 Å². The van der Waals surface area contributed by atoms with Crippen LogP contribution in [0.3, 0.4) is 0 Å². The summed E-state index contributed by atoms with van der Waals surface area (Å²) >= 11 is 6.42. The SMILES string of the molecule is CCOC(=O)c1cccc2c(-c3cnn(C)c3Cl)cc(C(=O)NCCCCCF)nc12. The second kappa shape index (κ2) is 10.3. The summed E-state index contributed by atoms with van der Waals surface area (Å²) in [5.41, 5.74) is 2.01. The van der Waals surface area contributed by atoms with E-state index in [0.717, 1.165) is 0 Å². The maximum Gasteiger partial charge on any atom is 0.340 e. The van der Waals surface area contributed by atoms with Gasteiger partial charge in [-0.2, -0.15) is 5.10 Å². The number of ether oxygens (including phenoxy) is 1. The molecule has 3 rings (SSSR count). The van der Waals surface area contributed by atoms with Gasteiger partial charge >= 0.3 is 5.97 Å². The molecular weight excluding hydrogens is 423 g/mol. The molecule has 0 aliphatic carbocycles. The lowest BCUT2D eigenvalue weighted by atomic mass is 10.00. The lowest BCUT2D eigenvalue weighted by Gasteiger charge is -2.12. The van der Waals surface area contributed by atoms with Crippen LogP contribution in [0.5, 0.6) is 0 Å². The lowest BCUT2D eigenvalue weighted by molar-refractivity contribution is 0.0528. The molecule has 0 unspecified atom stereocenters. The van der Waals surface area contributed by atoms with Crippen LogP contribution in [0.15, 0.2) is 30.5 Å². The largest absolute Gasteiger partial charge is 0.462 e. The predicted octanol–water partition coefficient (Wildman–Crippen LogP) is 4.34. The number of esters is 1. The number of hydrogen-bond acceptors (Lipinski definition) is 5. The predicted molar refractivity (Wildman–Crippen MR) is 117 cm³/mol. The number of para-hydroxylation sites is 1. The molecule has 31 heavy (non-hydrogen) atoms. The fourth-order valence-corrected chi connectivity index (χ4v) is 3.45. The molecule has 2 aromatic heterocycles. The van der Waals surface area contributed by atoms with Gasteiger partial charge in [-0.1, -0.05) is 23.7 Å². The van der Waals surface area contributed by atoms with E-state index >= 15 is 0 Å². The maximum atomic E-state index is 12.8. The summed E-state index contributed by atoms with van der Waals surface area (Å²) in [7, 11) is 1.71. The topological polar surface area (TPSA) is 86.1 Å². The highest BCUT2D eigenvalue weighted by Crippen LogP contribution is 2.34. The van der Waals surface area contributed by atoms with Gasteiger partial charge in [-0.25, -0.2) is 9.78 Å². The third-order valence-electron chi connectivity index (χ3n) is 4.82. The van der Waals surface area contributed by atoms with E-state index in [1.165, 1.54) is 4.68 Å². The van der Waals surface area contributed by atoms with Crippen molar-refractivity contribution in [2.24, 2.45) is 7.05 Å². The summed E-state index contributed by atoms with van der Waals surface area (Å²) in [5, 5.41) is 8.03. The van der Waals surface area contributed by atoms with Gasteiger partial charge in [0.05, 0.1) is 30.6 Å². The van der Waals surface area contributed by atoms with Gasteiger partial charge in [-0.3, -0.25) is 13.9 Å². The zero-order valence-corrected chi connectivity index (χ0v) is 18.2. The number of hydrogen-bond donors (Lipinski definition) is 1. The first-order valence-corrected chi connectivity index (χ1v) is 10.5. The monoisotopic (exact) mass is 446 g/mol. The number of aryl methyl sites for hydroxylation is 1. The van der Waals surface area contributed by atoms with Gasteiger partial charge in [0, 0.05) is 24.5 Å². The Labute approximate surface area is 184 Å². The van der Waals surface area contributed by atoms with Crippen molar-refractivity contribution in [2.45, 2.75) is 26.2 Å². The van der Waals surface area contributed by atoms with Crippen molar-refractivity contribution in [1.82, 2.24) is 20.1 Å². The number of halogens is 2. The number of nitrogens with zero attached hydrogens (tertiary/aromatic N) is 3. The third kappa shape index (κ3) is 5.02. The van der Waals surface area contributed by atoms with Crippen LogP contribution in [-0.2, 0) is 11.8 Å². The Morgan fingerprint density at radius 3 is 2.71 bits per heavy atom. The van der Waals surface area contributed by atoms with E-state index in [4.69, 9.17) is 16.3 Å². The Bertz CT molecular complexity index is 1100. The number of pyridine rings is 1. The second-order valence-electron chi connectivity index (χ2n) is 6.96.